The van der Waals surface area contributed by atoms with Crippen molar-refractivity contribution in [1.29, 1.82) is 0 Å². The van der Waals surface area contributed by atoms with E-state index in [0.717, 1.165) is 4.47 Å². The van der Waals surface area contributed by atoms with Gasteiger partial charge in [0.15, 0.2) is 5.75 Å². The first-order valence-electron chi connectivity index (χ1n) is 3.07. The Bertz CT molecular complexity index is 252. The number of aliphatic hydroxyl groups excluding tert-OH is 1. The fraction of sp³-hybridized carbons (Fsp3) is 0.286. The first-order chi connectivity index (χ1) is 5.27. The highest BCUT2D eigenvalue weighted by molar-refractivity contribution is 9.10. The Hall–Kier alpha value is -0.610. The zero-order valence-corrected chi connectivity index (χ0v) is 7.63. The Labute approximate surface area is 73.2 Å². The fourth-order valence-electron chi connectivity index (χ4n) is 0.695. The van der Waals surface area contributed by atoms with E-state index >= 15 is 0 Å². The molecule has 1 rings (SSSR count). The number of halogens is 1. The largest absolute Gasteiger partial charge is 0.494 e. The van der Waals surface area contributed by atoms with Gasteiger partial charge in [0.05, 0.1) is 30.1 Å². The van der Waals surface area contributed by atoms with Gasteiger partial charge < -0.3 is 9.84 Å². The van der Waals surface area contributed by atoms with E-state index in [1.807, 2.05) is 0 Å². The number of hydrogen-bond donors (Lipinski definition) is 1. The second-order valence-electron chi connectivity index (χ2n) is 1.97. The summed E-state index contributed by atoms with van der Waals surface area (Å²) in [5.41, 5.74) is 0.623. The van der Waals surface area contributed by atoms with E-state index in [0.29, 0.717) is 11.4 Å². The van der Waals surface area contributed by atoms with Gasteiger partial charge in [-0.25, -0.2) is 0 Å². The lowest BCUT2D eigenvalue weighted by Crippen LogP contribution is -1.91. The van der Waals surface area contributed by atoms with Gasteiger partial charge in [-0.15, -0.1) is 0 Å². The highest BCUT2D eigenvalue weighted by Gasteiger charge is 2.00. The molecule has 1 heterocycles. The summed E-state index contributed by atoms with van der Waals surface area (Å²) in [5.74, 6) is 0.669. The van der Waals surface area contributed by atoms with E-state index in [1.165, 1.54) is 0 Å². The van der Waals surface area contributed by atoms with Gasteiger partial charge in [0.25, 0.3) is 0 Å². The third-order valence-corrected chi connectivity index (χ3v) is 1.88. The van der Waals surface area contributed by atoms with Crippen LogP contribution in [0.25, 0.3) is 0 Å². The molecule has 3 nitrogen and oxygen atoms in total. The quantitative estimate of drug-likeness (QED) is 0.814. The van der Waals surface area contributed by atoms with Crippen molar-refractivity contribution in [3.05, 3.63) is 22.4 Å². The maximum atomic E-state index is 8.70. The molecule has 0 saturated heterocycles. The van der Waals surface area contributed by atoms with E-state index < -0.39 is 0 Å². The van der Waals surface area contributed by atoms with Crippen LogP contribution in [0.15, 0.2) is 16.7 Å². The third kappa shape index (κ3) is 1.91. The second kappa shape index (κ2) is 3.69. The summed E-state index contributed by atoms with van der Waals surface area (Å²) in [6, 6.07) is 1.72. The normalized spacial score (nSPS) is 9.73. The lowest BCUT2D eigenvalue weighted by molar-refractivity contribution is 0.276. The zero-order valence-electron chi connectivity index (χ0n) is 6.04. The molecule has 1 aromatic heterocycles. The molecule has 0 fully saturated rings. The van der Waals surface area contributed by atoms with E-state index in [1.54, 1.807) is 19.4 Å². The number of ether oxygens (including phenoxy) is 1. The van der Waals surface area contributed by atoms with Crippen molar-refractivity contribution in [1.82, 2.24) is 4.98 Å². The van der Waals surface area contributed by atoms with E-state index in [-0.39, 0.29) is 6.61 Å². The molecule has 0 amide bonds. The van der Waals surface area contributed by atoms with Gasteiger partial charge >= 0.3 is 0 Å². The van der Waals surface area contributed by atoms with Crippen molar-refractivity contribution in [3.63, 3.8) is 0 Å². The highest BCUT2D eigenvalue weighted by Crippen LogP contribution is 2.23. The van der Waals surface area contributed by atoms with Crippen LogP contribution in [0.1, 0.15) is 5.69 Å². The van der Waals surface area contributed by atoms with Crippen molar-refractivity contribution in [2.45, 2.75) is 6.61 Å². The summed E-state index contributed by atoms with van der Waals surface area (Å²) in [5, 5.41) is 8.70. The lowest BCUT2D eigenvalue weighted by atomic mass is 10.3. The van der Waals surface area contributed by atoms with Gasteiger partial charge in [-0.05, 0) is 22.0 Å². The summed E-state index contributed by atoms with van der Waals surface area (Å²) in [7, 11) is 1.57. The summed E-state index contributed by atoms with van der Waals surface area (Å²) in [4.78, 5) is 3.92. The molecule has 0 aliphatic heterocycles. The number of hydrogen-bond acceptors (Lipinski definition) is 3. The molecule has 1 N–H and O–H groups in total. The molecule has 0 unspecified atom stereocenters. The number of nitrogens with zero attached hydrogens (tertiary/aromatic N) is 1. The third-order valence-electron chi connectivity index (χ3n) is 1.26. The van der Waals surface area contributed by atoms with Gasteiger partial charge in [0.2, 0.25) is 0 Å². The topological polar surface area (TPSA) is 42.4 Å². The standard InChI is InChI=1S/C7H8BrNO2/c1-11-7-3-9-5(4-10)2-6(7)8/h2-3,10H,4H2,1H3. The maximum Gasteiger partial charge on any atom is 0.151 e. The van der Waals surface area contributed by atoms with Crippen LogP contribution in [0.5, 0.6) is 5.75 Å². The smallest absolute Gasteiger partial charge is 0.151 e. The molecule has 0 aliphatic rings. The molecule has 0 bridgehead atoms. The fourth-order valence-corrected chi connectivity index (χ4v) is 1.22. The van der Waals surface area contributed by atoms with Gasteiger partial charge in [-0.2, -0.15) is 0 Å². The van der Waals surface area contributed by atoms with Gasteiger partial charge in [-0.3, -0.25) is 4.98 Å². The second-order valence-corrected chi connectivity index (χ2v) is 2.82. The Morgan fingerprint density at radius 3 is 2.91 bits per heavy atom. The number of aliphatic hydroxyl groups is 1. The molecule has 60 valence electrons. The Kier molecular flexibility index (Phi) is 2.84. The van der Waals surface area contributed by atoms with Crippen LogP contribution in [-0.2, 0) is 6.61 Å². The molecule has 0 aromatic carbocycles. The Morgan fingerprint density at radius 1 is 1.73 bits per heavy atom. The molecular formula is C7H8BrNO2. The number of methoxy groups -OCH3 is 1. The van der Waals surface area contributed by atoms with Gasteiger partial charge in [-0.1, -0.05) is 0 Å². The summed E-state index contributed by atoms with van der Waals surface area (Å²) < 4.78 is 5.76. The Morgan fingerprint density at radius 2 is 2.45 bits per heavy atom. The van der Waals surface area contributed by atoms with Crippen LogP contribution >= 0.6 is 15.9 Å². The molecular weight excluding hydrogens is 210 g/mol. The minimum absolute atomic E-state index is 0.0530. The SMILES string of the molecule is COc1cnc(CO)cc1Br. The first-order valence-corrected chi connectivity index (χ1v) is 3.86. The lowest BCUT2D eigenvalue weighted by Gasteiger charge is -2.02. The van der Waals surface area contributed by atoms with E-state index in [9.17, 15) is 0 Å². The molecule has 0 atom stereocenters. The first kappa shape index (κ1) is 8.49. The summed E-state index contributed by atoms with van der Waals surface area (Å²) >= 11 is 3.27. The van der Waals surface area contributed by atoms with Crippen LogP contribution in [-0.4, -0.2) is 17.2 Å². The summed E-state index contributed by atoms with van der Waals surface area (Å²) in [6.45, 7) is -0.0530. The molecule has 0 saturated carbocycles. The average molecular weight is 218 g/mol. The minimum atomic E-state index is -0.0530. The van der Waals surface area contributed by atoms with Gasteiger partial charge in [0, 0.05) is 0 Å². The summed E-state index contributed by atoms with van der Waals surface area (Å²) in [6.07, 6.45) is 1.57. The molecule has 0 radical (unpaired) electrons. The predicted octanol–water partition coefficient (Wildman–Crippen LogP) is 1.34. The molecule has 11 heavy (non-hydrogen) atoms. The highest BCUT2D eigenvalue weighted by atomic mass is 79.9. The van der Waals surface area contributed by atoms with E-state index in [4.69, 9.17) is 9.84 Å². The number of aromatic nitrogens is 1. The monoisotopic (exact) mass is 217 g/mol. The molecule has 0 spiro atoms. The van der Waals surface area contributed by atoms with Crippen LogP contribution < -0.4 is 4.74 Å². The minimum Gasteiger partial charge on any atom is -0.494 e. The van der Waals surface area contributed by atoms with Crippen LogP contribution in [0.3, 0.4) is 0 Å². The zero-order chi connectivity index (χ0) is 8.27. The van der Waals surface area contributed by atoms with Crippen molar-refractivity contribution < 1.29 is 9.84 Å². The molecule has 1 aromatic rings. The molecule has 0 aliphatic carbocycles. The van der Waals surface area contributed by atoms with Crippen molar-refractivity contribution >= 4 is 15.9 Å². The van der Waals surface area contributed by atoms with Crippen LogP contribution in [0.4, 0.5) is 0 Å². The van der Waals surface area contributed by atoms with Crippen LogP contribution in [0, 0.1) is 0 Å². The number of pyridine rings is 1. The Balaban J connectivity index is 2.99. The maximum absolute atomic E-state index is 8.70. The average Bonchev–Trinajstić information content (AvgIpc) is 2.04. The number of rotatable bonds is 2. The van der Waals surface area contributed by atoms with Crippen molar-refractivity contribution in [3.8, 4) is 5.75 Å². The van der Waals surface area contributed by atoms with Crippen molar-refractivity contribution in [2.75, 3.05) is 7.11 Å². The van der Waals surface area contributed by atoms with Crippen LogP contribution in [0.2, 0.25) is 0 Å². The van der Waals surface area contributed by atoms with E-state index in [2.05, 4.69) is 20.9 Å². The predicted molar refractivity (Wildman–Crippen MR) is 44.4 cm³/mol. The van der Waals surface area contributed by atoms with Gasteiger partial charge in [0.1, 0.15) is 0 Å². The molecule has 4 heteroatoms. The van der Waals surface area contributed by atoms with Crippen molar-refractivity contribution in [2.24, 2.45) is 0 Å².